The van der Waals surface area contributed by atoms with Gasteiger partial charge in [-0.3, -0.25) is 9.59 Å². The molecule has 6 nitrogen and oxygen atoms in total. The lowest BCUT2D eigenvalue weighted by atomic mass is 9.94. The van der Waals surface area contributed by atoms with E-state index in [1.165, 1.54) is 0 Å². The zero-order valence-electron chi connectivity index (χ0n) is 15.4. The molecule has 0 aromatic carbocycles. The van der Waals surface area contributed by atoms with Crippen molar-refractivity contribution in [3.63, 3.8) is 0 Å². The number of hydrogen-bond acceptors (Lipinski definition) is 4. The lowest BCUT2D eigenvalue weighted by molar-refractivity contribution is -0.139. The van der Waals surface area contributed by atoms with Gasteiger partial charge in [-0.15, -0.1) is 12.4 Å². The number of carbonyl (C=O) groups is 2. The van der Waals surface area contributed by atoms with Crippen LogP contribution in [-0.4, -0.2) is 55.1 Å². The van der Waals surface area contributed by atoms with Crippen LogP contribution in [-0.2, 0) is 14.3 Å². The second-order valence-electron chi connectivity index (χ2n) is 6.81. The van der Waals surface area contributed by atoms with Gasteiger partial charge < -0.3 is 20.7 Å². The molecule has 0 aliphatic carbocycles. The Kier molecular flexibility index (Phi) is 11.2. The first-order valence-electron chi connectivity index (χ1n) is 8.76. The summed E-state index contributed by atoms with van der Waals surface area (Å²) in [6.45, 7) is 10.3. The van der Waals surface area contributed by atoms with Crippen LogP contribution in [0, 0.1) is 11.8 Å². The largest absolute Gasteiger partial charge is 0.379 e. The summed E-state index contributed by atoms with van der Waals surface area (Å²) < 4.78 is 5.45. The van der Waals surface area contributed by atoms with Crippen LogP contribution >= 0.6 is 12.4 Å². The SMILES string of the molecule is CC(C)OCCCNC(=O)C1CCN(C(=O)C(C)C(C)N)CC1.Cl. The monoisotopic (exact) mass is 363 g/mol. The summed E-state index contributed by atoms with van der Waals surface area (Å²) in [4.78, 5) is 26.2. The Morgan fingerprint density at radius 1 is 1.21 bits per heavy atom. The second kappa shape index (κ2) is 11.7. The third-order valence-electron chi connectivity index (χ3n) is 4.43. The summed E-state index contributed by atoms with van der Waals surface area (Å²) in [6.07, 6.45) is 2.51. The highest BCUT2D eigenvalue weighted by Gasteiger charge is 2.30. The van der Waals surface area contributed by atoms with E-state index in [0.717, 1.165) is 19.3 Å². The van der Waals surface area contributed by atoms with Gasteiger partial charge in [-0.25, -0.2) is 0 Å². The third kappa shape index (κ3) is 7.81. The van der Waals surface area contributed by atoms with Crippen molar-refractivity contribution in [3.05, 3.63) is 0 Å². The van der Waals surface area contributed by atoms with Crippen LogP contribution in [0.4, 0.5) is 0 Å². The number of nitrogens with one attached hydrogen (secondary N) is 1. The molecule has 1 heterocycles. The molecule has 1 aliphatic heterocycles. The molecule has 0 aromatic rings. The first-order valence-corrected chi connectivity index (χ1v) is 8.76. The van der Waals surface area contributed by atoms with Gasteiger partial charge in [-0.1, -0.05) is 6.92 Å². The number of ether oxygens (including phenoxy) is 1. The number of hydrogen-bond donors (Lipinski definition) is 2. The number of amides is 2. The fourth-order valence-corrected chi connectivity index (χ4v) is 2.62. The van der Waals surface area contributed by atoms with E-state index in [1.54, 1.807) is 0 Å². The standard InChI is InChI=1S/C17H33N3O3.ClH/c1-12(2)23-11-5-8-19-16(21)15-6-9-20(10-7-15)17(22)13(3)14(4)18;/h12-15H,5-11,18H2,1-4H3,(H,19,21);1H. The topological polar surface area (TPSA) is 84.7 Å². The van der Waals surface area contributed by atoms with Gasteiger partial charge in [0.2, 0.25) is 11.8 Å². The number of nitrogens with zero attached hydrogens (tertiary/aromatic N) is 1. The molecule has 1 rings (SSSR count). The number of likely N-dealkylation sites (tertiary alicyclic amines) is 1. The summed E-state index contributed by atoms with van der Waals surface area (Å²) in [5.74, 6) is 0.0450. The van der Waals surface area contributed by atoms with Crippen LogP contribution in [0.15, 0.2) is 0 Å². The van der Waals surface area contributed by atoms with E-state index in [4.69, 9.17) is 10.5 Å². The van der Waals surface area contributed by atoms with Crippen LogP contribution in [0.25, 0.3) is 0 Å². The highest BCUT2D eigenvalue weighted by Crippen LogP contribution is 2.19. The smallest absolute Gasteiger partial charge is 0.226 e. The Balaban J connectivity index is 0.00000529. The Bertz CT molecular complexity index is 383. The van der Waals surface area contributed by atoms with E-state index < -0.39 is 0 Å². The van der Waals surface area contributed by atoms with Crippen molar-refractivity contribution in [1.29, 1.82) is 0 Å². The molecule has 3 N–H and O–H groups in total. The van der Waals surface area contributed by atoms with Crippen molar-refractivity contribution in [1.82, 2.24) is 10.2 Å². The van der Waals surface area contributed by atoms with Crippen LogP contribution in [0.2, 0.25) is 0 Å². The lowest BCUT2D eigenvalue weighted by Crippen LogP contribution is -2.47. The summed E-state index contributed by atoms with van der Waals surface area (Å²) in [5.41, 5.74) is 5.80. The minimum Gasteiger partial charge on any atom is -0.379 e. The minimum absolute atomic E-state index is 0. The molecule has 1 saturated heterocycles. The highest BCUT2D eigenvalue weighted by atomic mass is 35.5. The molecule has 0 radical (unpaired) electrons. The average Bonchev–Trinajstić information content (AvgIpc) is 2.52. The van der Waals surface area contributed by atoms with Gasteiger partial charge in [0.25, 0.3) is 0 Å². The predicted molar refractivity (Wildman–Crippen MR) is 98.1 cm³/mol. The molecule has 2 atom stereocenters. The van der Waals surface area contributed by atoms with Gasteiger partial charge in [-0.05, 0) is 40.0 Å². The van der Waals surface area contributed by atoms with Gasteiger partial charge in [-0.2, -0.15) is 0 Å². The quantitative estimate of drug-likeness (QED) is 0.641. The predicted octanol–water partition coefficient (Wildman–Crippen LogP) is 1.56. The Morgan fingerprint density at radius 2 is 1.79 bits per heavy atom. The van der Waals surface area contributed by atoms with E-state index in [1.807, 2.05) is 32.6 Å². The van der Waals surface area contributed by atoms with Crippen molar-refractivity contribution in [2.45, 2.75) is 59.1 Å². The zero-order chi connectivity index (χ0) is 17.4. The maximum atomic E-state index is 12.2. The fraction of sp³-hybridized carbons (Fsp3) is 0.882. The molecule has 2 amide bonds. The summed E-state index contributed by atoms with van der Waals surface area (Å²) >= 11 is 0. The van der Waals surface area contributed by atoms with Crippen molar-refractivity contribution in [2.24, 2.45) is 17.6 Å². The van der Waals surface area contributed by atoms with Gasteiger partial charge >= 0.3 is 0 Å². The maximum absolute atomic E-state index is 12.2. The lowest BCUT2D eigenvalue weighted by Gasteiger charge is -2.33. The molecule has 1 fully saturated rings. The number of piperidine rings is 1. The normalized spacial score (nSPS) is 18.0. The van der Waals surface area contributed by atoms with Crippen molar-refractivity contribution in [3.8, 4) is 0 Å². The molecule has 1 aliphatic rings. The van der Waals surface area contributed by atoms with E-state index in [-0.39, 0.29) is 48.2 Å². The number of rotatable bonds is 8. The number of nitrogens with two attached hydrogens (primary N) is 1. The van der Waals surface area contributed by atoms with Crippen LogP contribution in [0.5, 0.6) is 0 Å². The molecule has 24 heavy (non-hydrogen) atoms. The van der Waals surface area contributed by atoms with Gasteiger partial charge in [0, 0.05) is 38.2 Å². The number of carbonyl (C=O) groups excluding carboxylic acids is 2. The van der Waals surface area contributed by atoms with E-state index in [2.05, 4.69) is 5.32 Å². The van der Waals surface area contributed by atoms with Gasteiger partial charge in [0.05, 0.1) is 12.0 Å². The Hall–Kier alpha value is -0.850. The van der Waals surface area contributed by atoms with Crippen molar-refractivity contribution < 1.29 is 14.3 Å². The maximum Gasteiger partial charge on any atom is 0.226 e. The highest BCUT2D eigenvalue weighted by molar-refractivity contribution is 5.85. The molecule has 2 unspecified atom stereocenters. The Morgan fingerprint density at radius 3 is 2.29 bits per heavy atom. The molecule has 0 saturated carbocycles. The minimum atomic E-state index is -0.165. The molecule has 142 valence electrons. The second-order valence-corrected chi connectivity index (χ2v) is 6.81. The van der Waals surface area contributed by atoms with Gasteiger partial charge in [0.15, 0.2) is 0 Å². The summed E-state index contributed by atoms with van der Waals surface area (Å²) in [5, 5.41) is 2.97. The first-order chi connectivity index (χ1) is 10.8. The molecule has 7 heteroatoms. The van der Waals surface area contributed by atoms with E-state index >= 15 is 0 Å². The van der Waals surface area contributed by atoms with Crippen molar-refractivity contribution in [2.75, 3.05) is 26.2 Å². The van der Waals surface area contributed by atoms with E-state index in [9.17, 15) is 9.59 Å². The molecular formula is C17H34ClN3O3. The van der Waals surface area contributed by atoms with E-state index in [0.29, 0.717) is 26.2 Å². The first kappa shape index (κ1) is 23.1. The zero-order valence-corrected chi connectivity index (χ0v) is 16.2. The van der Waals surface area contributed by atoms with Gasteiger partial charge in [0.1, 0.15) is 0 Å². The fourth-order valence-electron chi connectivity index (χ4n) is 2.62. The Labute approximate surface area is 152 Å². The molecule has 0 bridgehead atoms. The van der Waals surface area contributed by atoms with Crippen LogP contribution in [0.3, 0.4) is 0 Å². The number of halogens is 1. The molecule has 0 aromatic heterocycles. The molecule has 0 spiro atoms. The van der Waals surface area contributed by atoms with Crippen LogP contribution in [0.1, 0.15) is 47.0 Å². The average molecular weight is 364 g/mol. The summed E-state index contributed by atoms with van der Waals surface area (Å²) in [7, 11) is 0. The van der Waals surface area contributed by atoms with Crippen molar-refractivity contribution >= 4 is 24.2 Å². The van der Waals surface area contributed by atoms with Crippen LogP contribution < -0.4 is 11.1 Å². The molecular weight excluding hydrogens is 330 g/mol. The summed E-state index contributed by atoms with van der Waals surface area (Å²) in [6, 6.07) is -0.142. The third-order valence-corrected chi connectivity index (χ3v) is 4.43.